The van der Waals surface area contributed by atoms with Gasteiger partial charge in [-0.2, -0.15) is 8.75 Å². The monoisotopic (exact) mass is 296 g/mol. The first-order valence-electron chi connectivity index (χ1n) is 5.78. The summed E-state index contributed by atoms with van der Waals surface area (Å²) in [4.78, 5) is 0. The Hall–Kier alpha value is -2.16. The SMILES string of the molecule is Cn1nnc(CNc2ccc3nsnc3c2)c1C(F)F. The smallest absolute Gasteiger partial charge is 0.281 e. The van der Waals surface area contributed by atoms with Crippen LogP contribution in [0.1, 0.15) is 17.8 Å². The topological polar surface area (TPSA) is 68.5 Å². The minimum Gasteiger partial charge on any atom is -0.379 e. The lowest BCUT2D eigenvalue weighted by Crippen LogP contribution is -2.05. The fourth-order valence-electron chi connectivity index (χ4n) is 1.88. The van der Waals surface area contributed by atoms with E-state index in [0.717, 1.165) is 33.1 Å². The van der Waals surface area contributed by atoms with Crippen LogP contribution in [0.2, 0.25) is 0 Å². The zero-order valence-electron chi connectivity index (χ0n) is 10.4. The van der Waals surface area contributed by atoms with Crippen molar-refractivity contribution < 1.29 is 8.78 Å². The zero-order chi connectivity index (χ0) is 14.1. The van der Waals surface area contributed by atoms with E-state index in [-0.39, 0.29) is 17.9 Å². The van der Waals surface area contributed by atoms with Crippen molar-refractivity contribution in [1.29, 1.82) is 0 Å². The number of benzene rings is 1. The van der Waals surface area contributed by atoms with Crippen molar-refractivity contribution in [3.8, 4) is 0 Å². The maximum Gasteiger partial charge on any atom is 0.281 e. The maximum absolute atomic E-state index is 12.9. The number of anilines is 1. The molecular formula is C11H10F2N6S. The summed E-state index contributed by atoms with van der Waals surface area (Å²) in [5.74, 6) is 0. The van der Waals surface area contributed by atoms with Gasteiger partial charge in [-0.1, -0.05) is 5.21 Å². The molecule has 0 bridgehead atoms. The molecule has 0 aliphatic heterocycles. The van der Waals surface area contributed by atoms with Gasteiger partial charge in [-0.15, -0.1) is 5.10 Å². The highest BCUT2D eigenvalue weighted by Gasteiger charge is 2.19. The first-order chi connectivity index (χ1) is 9.65. The molecule has 0 saturated carbocycles. The van der Waals surface area contributed by atoms with Crippen molar-refractivity contribution >= 4 is 28.4 Å². The van der Waals surface area contributed by atoms with Crippen LogP contribution in [0.3, 0.4) is 0 Å². The fourth-order valence-corrected chi connectivity index (χ4v) is 2.40. The molecule has 3 aromatic rings. The predicted molar refractivity (Wildman–Crippen MR) is 70.7 cm³/mol. The third kappa shape index (κ3) is 2.31. The number of halogens is 2. The van der Waals surface area contributed by atoms with Crippen LogP contribution in [0.4, 0.5) is 14.5 Å². The van der Waals surface area contributed by atoms with Gasteiger partial charge in [0.05, 0.1) is 18.3 Å². The van der Waals surface area contributed by atoms with E-state index in [0.29, 0.717) is 0 Å². The van der Waals surface area contributed by atoms with Gasteiger partial charge in [0.1, 0.15) is 22.4 Å². The summed E-state index contributed by atoms with van der Waals surface area (Å²) in [5, 5.41) is 10.4. The van der Waals surface area contributed by atoms with Crippen LogP contribution >= 0.6 is 11.7 Å². The summed E-state index contributed by atoms with van der Waals surface area (Å²) in [7, 11) is 1.45. The van der Waals surface area contributed by atoms with E-state index in [2.05, 4.69) is 24.4 Å². The average molecular weight is 296 g/mol. The summed E-state index contributed by atoms with van der Waals surface area (Å²) in [6.45, 7) is 0.177. The van der Waals surface area contributed by atoms with Crippen molar-refractivity contribution in [3.63, 3.8) is 0 Å². The van der Waals surface area contributed by atoms with Crippen molar-refractivity contribution in [1.82, 2.24) is 23.7 Å². The maximum atomic E-state index is 12.9. The number of nitrogens with one attached hydrogen (secondary N) is 1. The third-order valence-electron chi connectivity index (χ3n) is 2.86. The molecule has 0 radical (unpaired) electrons. The Balaban J connectivity index is 1.79. The second-order valence-corrected chi connectivity index (χ2v) is 4.70. The number of aryl methyl sites for hydroxylation is 1. The Morgan fingerprint density at radius 2 is 2.10 bits per heavy atom. The van der Waals surface area contributed by atoms with Gasteiger partial charge >= 0.3 is 0 Å². The Bertz CT molecular complexity index is 737. The molecule has 0 aliphatic carbocycles. The lowest BCUT2D eigenvalue weighted by Gasteiger charge is -2.06. The molecule has 9 heteroatoms. The molecule has 0 spiro atoms. The molecule has 1 N–H and O–H groups in total. The van der Waals surface area contributed by atoms with Crippen LogP contribution in [0.5, 0.6) is 0 Å². The van der Waals surface area contributed by atoms with Gasteiger partial charge in [-0.05, 0) is 18.2 Å². The van der Waals surface area contributed by atoms with Crippen LogP contribution in [0.15, 0.2) is 18.2 Å². The second kappa shape index (κ2) is 5.08. The van der Waals surface area contributed by atoms with Crippen molar-refractivity contribution in [2.75, 3.05) is 5.32 Å². The molecule has 2 aromatic heterocycles. The van der Waals surface area contributed by atoms with Crippen molar-refractivity contribution in [3.05, 3.63) is 29.6 Å². The van der Waals surface area contributed by atoms with Crippen molar-refractivity contribution in [2.45, 2.75) is 13.0 Å². The number of hydrogen-bond acceptors (Lipinski definition) is 6. The Labute approximate surface area is 116 Å². The number of alkyl halides is 2. The lowest BCUT2D eigenvalue weighted by molar-refractivity contribution is 0.139. The van der Waals surface area contributed by atoms with E-state index < -0.39 is 6.43 Å². The standard InChI is InChI=1S/C11H10F2N6S/c1-19-10(11(12)13)9(15-18-19)5-14-6-2-3-7-8(4-6)17-20-16-7/h2-4,11,14H,5H2,1H3. The molecule has 1 aromatic carbocycles. The first-order valence-corrected chi connectivity index (χ1v) is 6.51. The summed E-state index contributed by atoms with van der Waals surface area (Å²) >= 11 is 1.13. The van der Waals surface area contributed by atoms with Gasteiger partial charge in [0.25, 0.3) is 6.43 Å². The van der Waals surface area contributed by atoms with E-state index >= 15 is 0 Å². The minimum absolute atomic E-state index is 0.172. The molecule has 0 amide bonds. The summed E-state index contributed by atoms with van der Waals surface area (Å²) in [5.41, 5.74) is 2.42. The van der Waals surface area contributed by atoms with E-state index in [1.165, 1.54) is 7.05 Å². The number of rotatable bonds is 4. The number of nitrogens with zero attached hydrogens (tertiary/aromatic N) is 5. The van der Waals surface area contributed by atoms with Crippen LogP contribution < -0.4 is 5.32 Å². The van der Waals surface area contributed by atoms with Gasteiger partial charge < -0.3 is 5.32 Å². The number of hydrogen-bond donors (Lipinski definition) is 1. The van der Waals surface area contributed by atoms with E-state index in [1.54, 1.807) is 0 Å². The number of aromatic nitrogens is 5. The van der Waals surface area contributed by atoms with E-state index in [4.69, 9.17) is 0 Å². The van der Waals surface area contributed by atoms with Crippen LogP contribution in [-0.2, 0) is 13.6 Å². The van der Waals surface area contributed by atoms with Gasteiger partial charge in [0, 0.05) is 12.7 Å². The minimum atomic E-state index is -2.60. The molecule has 0 aliphatic rings. The van der Waals surface area contributed by atoms with Gasteiger partial charge in [-0.25, -0.2) is 13.5 Å². The van der Waals surface area contributed by atoms with Gasteiger partial charge in [0.2, 0.25) is 0 Å². The van der Waals surface area contributed by atoms with Crippen LogP contribution in [0, 0.1) is 0 Å². The molecule has 20 heavy (non-hydrogen) atoms. The highest BCUT2D eigenvalue weighted by Crippen LogP contribution is 2.22. The highest BCUT2D eigenvalue weighted by molar-refractivity contribution is 7.00. The zero-order valence-corrected chi connectivity index (χ0v) is 11.2. The average Bonchev–Trinajstić information content (AvgIpc) is 3.01. The molecule has 104 valence electrons. The normalized spacial score (nSPS) is 11.4. The van der Waals surface area contributed by atoms with Gasteiger partial charge in [0.15, 0.2) is 0 Å². The Morgan fingerprint density at radius 3 is 2.90 bits per heavy atom. The first kappa shape index (κ1) is 12.9. The summed E-state index contributed by atoms with van der Waals surface area (Å²) in [6.07, 6.45) is -2.60. The van der Waals surface area contributed by atoms with Crippen LogP contribution in [-0.4, -0.2) is 23.7 Å². The predicted octanol–water partition coefficient (Wildman–Crippen LogP) is 2.37. The van der Waals surface area contributed by atoms with Crippen LogP contribution in [0.25, 0.3) is 11.0 Å². The molecular weight excluding hydrogens is 286 g/mol. The summed E-state index contributed by atoms with van der Waals surface area (Å²) < 4.78 is 35.0. The highest BCUT2D eigenvalue weighted by atomic mass is 32.1. The fraction of sp³-hybridized carbons (Fsp3) is 0.273. The largest absolute Gasteiger partial charge is 0.379 e. The number of fused-ring (bicyclic) bond motifs is 1. The van der Waals surface area contributed by atoms with E-state index in [1.807, 2.05) is 18.2 Å². The van der Waals surface area contributed by atoms with Gasteiger partial charge in [-0.3, -0.25) is 0 Å². The molecule has 0 unspecified atom stereocenters. The van der Waals surface area contributed by atoms with E-state index in [9.17, 15) is 8.78 Å². The molecule has 0 fully saturated rings. The molecule has 2 heterocycles. The molecule has 3 rings (SSSR count). The second-order valence-electron chi connectivity index (χ2n) is 4.17. The molecule has 0 saturated heterocycles. The molecule has 0 atom stereocenters. The lowest BCUT2D eigenvalue weighted by atomic mass is 10.2. The van der Waals surface area contributed by atoms with Crippen molar-refractivity contribution in [2.24, 2.45) is 7.05 Å². The third-order valence-corrected chi connectivity index (χ3v) is 3.42. The quantitative estimate of drug-likeness (QED) is 0.800. The Kier molecular flexibility index (Phi) is 3.26. The molecule has 6 nitrogen and oxygen atoms in total. The summed E-state index contributed by atoms with van der Waals surface area (Å²) in [6, 6.07) is 5.46. The Morgan fingerprint density at radius 1 is 1.30 bits per heavy atom.